The van der Waals surface area contributed by atoms with Gasteiger partial charge in [0.05, 0.1) is 24.8 Å². The average molecular weight is 436 g/mol. The van der Waals surface area contributed by atoms with Crippen molar-refractivity contribution >= 4 is 17.4 Å². The number of rotatable bonds is 6. The van der Waals surface area contributed by atoms with Gasteiger partial charge in [0.2, 0.25) is 0 Å². The van der Waals surface area contributed by atoms with E-state index in [2.05, 4.69) is 0 Å². The zero-order valence-electron chi connectivity index (χ0n) is 18.7. The summed E-state index contributed by atoms with van der Waals surface area (Å²) in [6.07, 6.45) is 3.81. The average Bonchev–Trinajstić information content (AvgIpc) is 3.40. The van der Waals surface area contributed by atoms with Crippen molar-refractivity contribution in [3.8, 4) is 11.5 Å². The summed E-state index contributed by atoms with van der Waals surface area (Å²) in [6, 6.07) is 13.6. The van der Waals surface area contributed by atoms with E-state index in [4.69, 9.17) is 9.47 Å². The lowest BCUT2D eigenvalue weighted by Crippen LogP contribution is -2.37. The molecule has 168 valence electrons. The maximum absolute atomic E-state index is 13.1. The normalized spacial score (nSPS) is 20.9. The zero-order chi connectivity index (χ0) is 22.8. The van der Waals surface area contributed by atoms with Crippen LogP contribution in [0.2, 0.25) is 0 Å². The Kier molecular flexibility index (Phi) is 6.21. The summed E-state index contributed by atoms with van der Waals surface area (Å²) in [5, 5.41) is 11.2. The minimum Gasteiger partial charge on any atom is -0.507 e. The van der Waals surface area contributed by atoms with E-state index in [-0.39, 0.29) is 23.5 Å². The highest BCUT2D eigenvalue weighted by Gasteiger charge is 2.49. The SMILES string of the molecule is COc1ccc(C2/C(=C(/O)c3ccc(OC(C)C)cc3)C(=O)C(=O)N2C2CCCC2)cc1. The third-order valence-electron chi connectivity index (χ3n) is 6.13. The molecule has 2 fully saturated rings. The van der Waals surface area contributed by atoms with Crippen LogP contribution in [0.3, 0.4) is 0 Å². The molecule has 1 amide bonds. The molecule has 6 nitrogen and oxygen atoms in total. The molecular formula is C26H29NO5. The van der Waals surface area contributed by atoms with Gasteiger partial charge in [-0.05, 0) is 68.7 Å². The molecule has 1 unspecified atom stereocenters. The van der Waals surface area contributed by atoms with Crippen LogP contribution in [0.4, 0.5) is 0 Å². The standard InChI is InChI=1S/C26H29NO5/c1-16(2)32-21-14-10-18(11-15-21)24(28)22-23(17-8-12-20(31-3)13-9-17)27(26(30)25(22)29)19-6-4-5-7-19/h8-16,19,23,28H,4-7H2,1-3H3/b24-22-. The quantitative estimate of drug-likeness (QED) is 0.399. The van der Waals surface area contributed by atoms with E-state index in [0.29, 0.717) is 17.1 Å². The van der Waals surface area contributed by atoms with Crippen LogP contribution in [0.1, 0.15) is 56.7 Å². The monoisotopic (exact) mass is 435 g/mol. The number of methoxy groups -OCH3 is 1. The summed E-state index contributed by atoms with van der Waals surface area (Å²) in [6.45, 7) is 3.88. The second-order valence-electron chi connectivity index (χ2n) is 8.61. The number of amides is 1. The van der Waals surface area contributed by atoms with Crippen LogP contribution in [0, 0.1) is 0 Å². The Bertz CT molecular complexity index is 1020. The predicted molar refractivity (Wildman–Crippen MR) is 122 cm³/mol. The van der Waals surface area contributed by atoms with Gasteiger partial charge in [-0.25, -0.2) is 0 Å². The highest BCUT2D eigenvalue weighted by atomic mass is 16.5. The summed E-state index contributed by atoms with van der Waals surface area (Å²) in [4.78, 5) is 27.9. The highest BCUT2D eigenvalue weighted by Crippen LogP contribution is 2.43. The maximum atomic E-state index is 13.1. The molecule has 0 bridgehead atoms. The van der Waals surface area contributed by atoms with Gasteiger partial charge < -0.3 is 19.5 Å². The first kappa shape index (κ1) is 21.9. The van der Waals surface area contributed by atoms with Crippen molar-refractivity contribution in [3.63, 3.8) is 0 Å². The Morgan fingerprint density at radius 1 is 0.969 bits per heavy atom. The number of Topliss-reactive ketones (excluding diaryl/α,β-unsaturated/α-hetero) is 1. The molecule has 1 atom stereocenters. The van der Waals surface area contributed by atoms with Gasteiger partial charge in [-0.2, -0.15) is 0 Å². The Balaban J connectivity index is 1.79. The molecule has 2 aliphatic rings. The third kappa shape index (κ3) is 4.09. The Labute approximate surface area is 188 Å². The van der Waals surface area contributed by atoms with E-state index in [1.165, 1.54) is 0 Å². The Hall–Kier alpha value is -3.28. The van der Waals surface area contributed by atoms with Crippen molar-refractivity contribution in [2.45, 2.75) is 57.7 Å². The lowest BCUT2D eigenvalue weighted by molar-refractivity contribution is -0.141. The first-order chi connectivity index (χ1) is 15.4. The maximum Gasteiger partial charge on any atom is 0.295 e. The molecule has 2 aromatic carbocycles. The number of ketones is 1. The lowest BCUT2D eigenvalue weighted by Gasteiger charge is -2.30. The predicted octanol–water partition coefficient (Wildman–Crippen LogP) is 4.85. The number of hydrogen-bond acceptors (Lipinski definition) is 5. The van der Waals surface area contributed by atoms with Crippen LogP contribution in [0.25, 0.3) is 5.76 Å². The molecule has 32 heavy (non-hydrogen) atoms. The summed E-state index contributed by atoms with van der Waals surface area (Å²) in [5.41, 5.74) is 1.38. The molecular weight excluding hydrogens is 406 g/mol. The van der Waals surface area contributed by atoms with Crippen LogP contribution >= 0.6 is 0 Å². The van der Waals surface area contributed by atoms with Gasteiger partial charge in [-0.1, -0.05) is 25.0 Å². The zero-order valence-corrected chi connectivity index (χ0v) is 18.7. The van der Waals surface area contributed by atoms with Gasteiger partial charge in [0.1, 0.15) is 17.3 Å². The van der Waals surface area contributed by atoms with E-state index in [9.17, 15) is 14.7 Å². The summed E-state index contributed by atoms with van der Waals surface area (Å²) < 4.78 is 10.9. The number of aliphatic hydroxyl groups is 1. The van der Waals surface area contributed by atoms with Gasteiger partial charge in [0.25, 0.3) is 11.7 Å². The van der Waals surface area contributed by atoms with E-state index in [1.807, 2.05) is 38.1 Å². The lowest BCUT2D eigenvalue weighted by atomic mass is 9.94. The van der Waals surface area contributed by atoms with Gasteiger partial charge >= 0.3 is 0 Å². The van der Waals surface area contributed by atoms with Gasteiger partial charge in [0.15, 0.2) is 0 Å². The minimum atomic E-state index is -0.641. The van der Waals surface area contributed by atoms with Gasteiger partial charge in [0, 0.05) is 11.6 Å². The topological polar surface area (TPSA) is 76.1 Å². The number of aliphatic hydroxyl groups excluding tert-OH is 1. The fourth-order valence-electron chi connectivity index (χ4n) is 4.64. The fourth-order valence-corrected chi connectivity index (χ4v) is 4.64. The number of nitrogens with zero attached hydrogens (tertiary/aromatic N) is 1. The number of likely N-dealkylation sites (tertiary alicyclic amines) is 1. The number of carbonyl (C=O) groups is 2. The second-order valence-corrected chi connectivity index (χ2v) is 8.61. The molecule has 2 aromatic rings. The van der Waals surface area contributed by atoms with Crippen LogP contribution in [-0.4, -0.2) is 41.0 Å². The molecule has 1 aliphatic carbocycles. The first-order valence-electron chi connectivity index (χ1n) is 11.1. The van der Waals surface area contributed by atoms with Crippen molar-refractivity contribution in [3.05, 3.63) is 65.2 Å². The number of hydrogen-bond donors (Lipinski definition) is 1. The minimum absolute atomic E-state index is 0.00864. The third-order valence-corrected chi connectivity index (χ3v) is 6.13. The second kappa shape index (κ2) is 9.07. The highest BCUT2D eigenvalue weighted by molar-refractivity contribution is 6.46. The summed E-state index contributed by atoms with van der Waals surface area (Å²) >= 11 is 0. The molecule has 1 N–H and O–H groups in total. The first-order valence-corrected chi connectivity index (χ1v) is 11.1. The van der Waals surface area contributed by atoms with E-state index >= 15 is 0 Å². The Morgan fingerprint density at radius 2 is 1.56 bits per heavy atom. The van der Waals surface area contributed by atoms with E-state index in [1.54, 1.807) is 36.3 Å². The molecule has 4 rings (SSSR count). The molecule has 1 saturated carbocycles. The van der Waals surface area contributed by atoms with Crippen molar-refractivity contribution in [1.29, 1.82) is 0 Å². The van der Waals surface area contributed by atoms with Crippen LogP contribution < -0.4 is 9.47 Å². The molecule has 1 heterocycles. The number of ether oxygens (including phenoxy) is 2. The molecule has 0 radical (unpaired) electrons. The van der Waals surface area contributed by atoms with Crippen molar-refractivity contribution < 1.29 is 24.2 Å². The van der Waals surface area contributed by atoms with Gasteiger partial charge in [-0.3, -0.25) is 9.59 Å². The van der Waals surface area contributed by atoms with Crippen molar-refractivity contribution in [2.75, 3.05) is 7.11 Å². The molecule has 0 spiro atoms. The molecule has 1 saturated heterocycles. The molecule has 6 heteroatoms. The van der Waals surface area contributed by atoms with Crippen LogP contribution in [0.15, 0.2) is 54.1 Å². The smallest absolute Gasteiger partial charge is 0.295 e. The fraction of sp³-hybridized carbons (Fsp3) is 0.385. The summed E-state index contributed by atoms with van der Waals surface area (Å²) in [7, 11) is 1.59. The summed E-state index contributed by atoms with van der Waals surface area (Å²) in [5.74, 6) is 0.0134. The molecule has 0 aromatic heterocycles. The number of benzene rings is 2. The van der Waals surface area contributed by atoms with Crippen molar-refractivity contribution in [1.82, 2.24) is 4.90 Å². The Morgan fingerprint density at radius 3 is 2.12 bits per heavy atom. The van der Waals surface area contributed by atoms with E-state index < -0.39 is 17.7 Å². The van der Waals surface area contributed by atoms with Crippen molar-refractivity contribution in [2.24, 2.45) is 0 Å². The largest absolute Gasteiger partial charge is 0.507 e. The van der Waals surface area contributed by atoms with Crippen LogP contribution in [-0.2, 0) is 9.59 Å². The number of carbonyl (C=O) groups excluding carboxylic acids is 2. The molecule has 1 aliphatic heterocycles. The van der Waals surface area contributed by atoms with Crippen LogP contribution in [0.5, 0.6) is 11.5 Å². The van der Waals surface area contributed by atoms with E-state index in [0.717, 1.165) is 31.2 Å². The van der Waals surface area contributed by atoms with Gasteiger partial charge in [-0.15, -0.1) is 0 Å².